The van der Waals surface area contributed by atoms with E-state index in [9.17, 15) is 4.39 Å². The first-order valence-electron chi connectivity index (χ1n) is 4.82. The molecular weight excluding hydrogens is 187 g/mol. The molecule has 0 saturated heterocycles. The van der Waals surface area contributed by atoms with E-state index in [2.05, 4.69) is 12.1 Å². The van der Waals surface area contributed by atoms with Crippen LogP contribution in [0.2, 0.25) is 0 Å². The molecule has 2 rings (SSSR count). The molecule has 0 fully saturated rings. The minimum absolute atomic E-state index is 0.553. The Balaban J connectivity index is 2.32. The second-order valence-electron chi connectivity index (χ2n) is 3.28. The van der Waals surface area contributed by atoms with Crippen molar-refractivity contribution >= 4 is 6.08 Å². The molecule has 0 aromatic heterocycles. The molecule has 0 heterocycles. The Morgan fingerprint density at radius 1 is 0.733 bits per heavy atom. The third-order valence-corrected chi connectivity index (χ3v) is 2.27. The summed E-state index contributed by atoms with van der Waals surface area (Å²) in [7, 11) is 0. The lowest BCUT2D eigenvalue weighted by Gasteiger charge is -2.01. The highest BCUT2D eigenvalue weighted by atomic mass is 19.1. The average molecular weight is 198 g/mol. The fraction of sp³-hybridized carbons (Fsp3) is 0. The summed E-state index contributed by atoms with van der Waals surface area (Å²) in [4.78, 5) is 0. The first kappa shape index (κ1) is 9.66. The molecule has 15 heavy (non-hydrogen) atoms. The van der Waals surface area contributed by atoms with Gasteiger partial charge in [-0.05, 0) is 22.8 Å². The van der Waals surface area contributed by atoms with Crippen LogP contribution in [0.25, 0.3) is 17.2 Å². The van der Waals surface area contributed by atoms with Crippen LogP contribution in [0.15, 0.2) is 60.9 Å². The van der Waals surface area contributed by atoms with Gasteiger partial charge in [0.25, 0.3) is 0 Å². The van der Waals surface area contributed by atoms with Gasteiger partial charge in [0.1, 0.15) is 0 Å². The van der Waals surface area contributed by atoms with Gasteiger partial charge in [-0.1, -0.05) is 54.6 Å². The van der Waals surface area contributed by atoms with Crippen molar-refractivity contribution in [2.75, 3.05) is 0 Å². The number of halogens is 1. The summed E-state index contributed by atoms with van der Waals surface area (Å²) in [5.74, 6) is 0. The van der Waals surface area contributed by atoms with Gasteiger partial charge in [-0.15, -0.1) is 0 Å². The van der Waals surface area contributed by atoms with Crippen molar-refractivity contribution in [1.29, 1.82) is 0 Å². The highest BCUT2D eigenvalue weighted by molar-refractivity contribution is 5.65. The Hall–Kier alpha value is -1.89. The molecule has 0 aliphatic rings. The quantitative estimate of drug-likeness (QED) is 0.675. The van der Waals surface area contributed by atoms with Crippen LogP contribution in [0.1, 0.15) is 5.56 Å². The Labute approximate surface area is 88.7 Å². The maximum Gasteiger partial charge on any atom is 0.0872 e. The van der Waals surface area contributed by atoms with Crippen molar-refractivity contribution in [2.24, 2.45) is 0 Å². The average Bonchev–Trinajstić information content (AvgIpc) is 2.32. The Morgan fingerprint density at radius 3 is 1.93 bits per heavy atom. The smallest absolute Gasteiger partial charge is 0.0872 e. The number of benzene rings is 2. The summed E-state index contributed by atoms with van der Waals surface area (Å²) in [5, 5.41) is 0. The fourth-order valence-electron chi connectivity index (χ4n) is 1.49. The van der Waals surface area contributed by atoms with Gasteiger partial charge in [-0.25, -0.2) is 4.39 Å². The lowest BCUT2D eigenvalue weighted by atomic mass is 10.0. The molecule has 0 aliphatic heterocycles. The minimum atomic E-state index is 0.553. The maximum atomic E-state index is 11.9. The second kappa shape index (κ2) is 4.56. The van der Waals surface area contributed by atoms with E-state index < -0.39 is 0 Å². The van der Waals surface area contributed by atoms with Crippen molar-refractivity contribution in [1.82, 2.24) is 0 Å². The second-order valence-corrected chi connectivity index (χ2v) is 3.28. The van der Waals surface area contributed by atoms with Crippen LogP contribution in [-0.4, -0.2) is 0 Å². The zero-order valence-corrected chi connectivity index (χ0v) is 8.23. The lowest BCUT2D eigenvalue weighted by Crippen LogP contribution is -1.77. The molecule has 0 nitrogen and oxygen atoms in total. The fourth-order valence-corrected chi connectivity index (χ4v) is 1.49. The predicted molar refractivity (Wildman–Crippen MR) is 62.0 cm³/mol. The van der Waals surface area contributed by atoms with E-state index in [1.165, 1.54) is 11.6 Å². The summed E-state index contributed by atoms with van der Waals surface area (Å²) in [6, 6.07) is 17.9. The van der Waals surface area contributed by atoms with Crippen LogP contribution in [0.5, 0.6) is 0 Å². The Bertz CT molecular complexity index is 441. The molecule has 0 unspecified atom stereocenters. The van der Waals surface area contributed by atoms with Crippen LogP contribution in [0, 0.1) is 0 Å². The van der Waals surface area contributed by atoms with Crippen molar-refractivity contribution in [3.63, 3.8) is 0 Å². The Kier molecular flexibility index (Phi) is 2.93. The summed E-state index contributed by atoms with van der Waals surface area (Å²) < 4.78 is 11.9. The van der Waals surface area contributed by atoms with Gasteiger partial charge in [0, 0.05) is 0 Å². The van der Waals surface area contributed by atoms with Crippen LogP contribution in [0.4, 0.5) is 4.39 Å². The van der Waals surface area contributed by atoms with Crippen LogP contribution < -0.4 is 0 Å². The molecule has 0 saturated carbocycles. The highest BCUT2D eigenvalue weighted by Gasteiger charge is 1.95. The summed E-state index contributed by atoms with van der Waals surface area (Å²) in [5.41, 5.74) is 3.19. The van der Waals surface area contributed by atoms with Gasteiger partial charge in [0.2, 0.25) is 0 Å². The molecule has 0 bridgehead atoms. The summed E-state index contributed by atoms with van der Waals surface area (Å²) in [6.07, 6.45) is 1.99. The van der Waals surface area contributed by atoms with E-state index in [-0.39, 0.29) is 0 Å². The first-order valence-corrected chi connectivity index (χ1v) is 4.82. The molecule has 74 valence electrons. The van der Waals surface area contributed by atoms with Gasteiger partial charge >= 0.3 is 0 Å². The Morgan fingerprint density at radius 2 is 1.33 bits per heavy atom. The normalized spacial score (nSPS) is 10.7. The van der Waals surface area contributed by atoms with Crippen LogP contribution in [0.3, 0.4) is 0 Å². The molecule has 0 amide bonds. The topological polar surface area (TPSA) is 0 Å². The summed E-state index contributed by atoms with van der Waals surface area (Å²) >= 11 is 0. The number of hydrogen-bond acceptors (Lipinski definition) is 0. The molecule has 0 radical (unpaired) electrons. The largest absolute Gasteiger partial charge is 0.216 e. The standard InChI is InChI=1S/C14H11F/c15-11-10-12-6-8-14(9-7-12)13-4-2-1-3-5-13/h1-11H. The van der Waals surface area contributed by atoms with Gasteiger partial charge in [0.05, 0.1) is 6.33 Å². The van der Waals surface area contributed by atoms with E-state index in [0.29, 0.717) is 6.33 Å². The third-order valence-electron chi connectivity index (χ3n) is 2.27. The van der Waals surface area contributed by atoms with E-state index in [1.807, 2.05) is 42.5 Å². The van der Waals surface area contributed by atoms with Gasteiger partial charge < -0.3 is 0 Å². The van der Waals surface area contributed by atoms with Gasteiger partial charge in [-0.3, -0.25) is 0 Å². The lowest BCUT2D eigenvalue weighted by molar-refractivity contribution is 0.727. The molecule has 1 heteroatoms. The molecular formula is C14H11F. The molecule has 2 aromatic rings. The number of rotatable bonds is 2. The predicted octanol–water partition coefficient (Wildman–Crippen LogP) is 4.29. The van der Waals surface area contributed by atoms with Crippen molar-refractivity contribution < 1.29 is 4.39 Å². The zero-order chi connectivity index (χ0) is 10.5. The van der Waals surface area contributed by atoms with Crippen molar-refractivity contribution in [2.45, 2.75) is 0 Å². The SMILES string of the molecule is FC=Cc1ccc(-c2ccccc2)cc1. The third kappa shape index (κ3) is 2.32. The van der Waals surface area contributed by atoms with Crippen LogP contribution in [-0.2, 0) is 0 Å². The van der Waals surface area contributed by atoms with Crippen LogP contribution >= 0.6 is 0 Å². The molecule has 0 spiro atoms. The van der Waals surface area contributed by atoms with E-state index in [0.717, 1.165) is 11.1 Å². The molecule has 0 aliphatic carbocycles. The minimum Gasteiger partial charge on any atom is -0.216 e. The van der Waals surface area contributed by atoms with Crippen molar-refractivity contribution in [3.05, 3.63) is 66.5 Å². The van der Waals surface area contributed by atoms with E-state index >= 15 is 0 Å². The van der Waals surface area contributed by atoms with Gasteiger partial charge in [0.15, 0.2) is 0 Å². The van der Waals surface area contributed by atoms with Crippen molar-refractivity contribution in [3.8, 4) is 11.1 Å². The first-order chi connectivity index (χ1) is 7.40. The summed E-state index contributed by atoms with van der Waals surface area (Å²) in [6.45, 7) is 0. The number of hydrogen-bond donors (Lipinski definition) is 0. The van der Waals surface area contributed by atoms with Gasteiger partial charge in [-0.2, -0.15) is 0 Å². The van der Waals surface area contributed by atoms with E-state index in [1.54, 1.807) is 0 Å². The molecule has 0 atom stereocenters. The maximum absolute atomic E-state index is 11.9. The highest BCUT2D eigenvalue weighted by Crippen LogP contribution is 2.19. The zero-order valence-electron chi connectivity index (χ0n) is 8.23. The van der Waals surface area contributed by atoms with E-state index in [4.69, 9.17) is 0 Å². The molecule has 2 aromatic carbocycles. The monoisotopic (exact) mass is 198 g/mol. The molecule has 0 N–H and O–H groups in total.